The molecule has 132 valence electrons. The molecule has 3 rings (SSSR count). The topological polar surface area (TPSA) is 61.2 Å². The zero-order chi connectivity index (χ0) is 17.6. The first-order valence-electron chi connectivity index (χ1n) is 8.68. The van der Waals surface area contributed by atoms with Gasteiger partial charge in [0.1, 0.15) is 45.0 Å². The molecule has 0 atom stereocenters. The number of methoxy groups -OCH3 is 1. The highest BCUT2D eigenvalue weighted by Gasteiger charge is 2.24. The first kappa shape index (κ1) is 17.4. The molecule has 0 amide bonds. The average molecular weight is 343 g/mol. The summed E-state index contributed by atoms with van der Waals surface area (Å²) < 4.78 is 5.45. The number of hydrogen-bond acceptors (Lipinski definition) is 3. The lowest BCUT2D eigenvalue weighted by molar-refractivity contribution is -1.02. The molecule has 2 N–H and O–H groups in total. The molecule has 0 aliphatic carbocycles. The van der Waals surface area contributed by atoms with E-state index in [2.05, 4.69) is 12.1 Å². The summed E-state index contributed by atoms with van der Waals surface area (Å²) in [4.78, 5) is 13.5. The van der Waals surface area contributed by atoms with Crippen LogP contribution in [0.3, 0.4) is 0 Å². The molecule has 0 bridgehead atoms. The number of nitrogens with zero attached hydrogens (tertiary/aromatic N) is 1. The normalized spacial score (nSPS) is 20.2. The molecule has 0 unspecified atom stereocenters. The Bertz CT molecular complexity index is 710. The molecule has 0 radical (unpaired) electrons. The van der Waals surface area contributed by atoms with Crippen molar-refractivity contribution in [3.05, 3.63) is 69.8 Å². The van der Waals surface area contributed by atoms with Gasteiger partial charge in [0.05, 0.1) is 12.0 Å². The van der Waals surface area contributed by atoms with Crippen LogP contribution in [0.4, 0.5) is 5.69 Å². The van der Waals surface area contributed by atoms with E-state index >= 15 is 0 Å². The second kappa shape index (κ2) is 8.09. The van der Waals surface area contributed by atoms with E-state index in [-0.39, 0.29) is 10.6 Å². The second-order valence-electron chi connectivity index (χ2n) is 6.59. The fourth-order valence-corrected chi connectivity index (χ4v) is 3.45. The molecule has 1 fully saturated rings. The van der Waals surface area contributed by atoms with Crippen LogP contribution in [0.25, 0.3) is 0 Å². The number of rotatable bonds is 6. The Morgan fingerprint density at radius 1 is 0.960 bits per heavy atom. The molecule has 1 heterocycles. The Morgan fingerprint density at radius 2 is 1.56 bits per heavy atom. The van der Waals surface area contributed by atoms with Gasteiger partial charge in [-0.1, -0.05) is 12.1 Å². The molecule has 2 aromatic carbocycles. The monoisotopic (exact) mass is 343 g/mol. The van der Waals surface area contributed by atoms with Crippen LogP contribution in [-0.2, 0) is 13.1 Å². The molecule has 0 saturated carbocycles. The highest BCUT2D eigenvalue weighted by molar-refractivity contribution is 5.33. The zero-order valence-corrected chi connectivity index (χ0v) is 14.5. The van der Waals surface area contributed by atoms with Gasteiger partial charge in [0.25, 0.3) is 5.69 Å². The van der Waals surface area contributed by atoms with Crippen LogP contribution in [-0.4, -0.2) is 38.2 Å². The fourth-order valence-electron chi connectivity index (χ4n) is 3.45. The van der Waals surface area contributed by atoms with Gasteiger partial charge in [-0.25, -0.2) is 0 Å². The van der Waals surface area contributed by atoms with Gasteiger partial charge in [-0.15, -0.1) is 0 Å². The third-order valence-electron chi connectivity index (χ3n) is 4.90. The minimum atomic E-state index is -0.351. The number of quaternary nitrogens is 2. The maximum atomic E-state index is 10.7. The van der Waals surface area contributed by atoms with Crippen molar-refractivity contribution in [1.29, 1.82) is 0 Å². The van der Waals surface area contributed by atoms with Gasteiger partial charge in [0.15, 0.2) is 0 Å². The SMILES string of the molecule is COc1ccccc1C[NH+]1CC[NH+](Cc2ccc([N+](=O)[O-])cc2)CC1. The van der Waals surface area contributed by atoms with E-state index in [4.69, 9.17) is 4.74 Å². The number of nitro groups is 1. The van der Waals surface area contributed by atoms with Crippen LogP contribution in [0, 0.1) is 10.1 Å². The number of non-ortho nitro benzene ring substituents is 1. The highest BCUT2D eigenvalue weighted by atomic mass is 16.6. The predicted octanol–water partition coefficient (Wildman–Crippen LogP) is 0.0870. The van der Waals surface area contributed by atoms with Crippen LogP contribution < -0.4 is 14.5 Å². The largest absolute Gasteiger partial charge is 0.496 e. The van der Waals surface area contributed by atoms with Gasteiger partial charge >= 0.3 is 0 Å². The van der Waals surface area contributed by atoms with Crippen LogP contribution in [0.15, 0.2) is 48.5 Å². The van der Waals surface area contributed by atoms with Gasteiger partial charge in [-0.05, 0) is 24.3 Å². The van der Waals surface area contributed by atoms with Crippen molar-refractivity contribution in [2.45, 2.75) is 13.1 Å². The summed E-state index contributed by atoms with van der Waals surface area (Å²) in [6, 6.07) is 15.2. The summed E-state index contributed by atoms with van der Waals surface area (Å²) >= 11 is 0. The Hall–Kier alpha value is -2.44. The van der Waals surface area contributed by atoms with Crippen LogP contribution >= 0.6 is 0 Å². The zero-order valence-electron chi connectivity index (χ0n) is 14.5. The Labute approximate surface area is 147 Å². The molecule has 0 aromatic heterocycles. The van der Waals surface area contributed by atoms with E-state index in [0.717, 1.165) is 50.6 Å². The first-order valence-corrected chi connectivity index (χ1v) is 8.68. The van der Waals surface area contributed by atoms with Crippen LogP contribution in [0.5, 0.6) is 5.75 Å². The van der Waals surface area contributed by atoms with Gasteiger partial charge in [0, 0.05) is 23.3 Å². The number of nitrogens with one attached hydrogen (secondary N) is 2. The van der Waals surface area contributed by atoms with Gasteiger partial charge < -0.3 is 14.5 Å². The third-order valence-corrected chi connectivity index (χ3v) is 4.90. The van der Waals surface area contributed by atoms with E-state index in [1.54, 1.807) is 24.1 Å². The minimum Gasteiger partial charge on any atom is -0.496 e. The van der Waals surface area contributed by atoms with Crippen molar-refractivity contribution in [3.63, 3.8) is 0 Å². The van der Waals surface area contributed by atoms with Gasteiger partial charge in [-0.2, -0.15) is 0 Å². The highest BCUT2D eigenvalue weighted by Crippen LogP contribution is 2.15. The standard InChI is InChI=1S/C19H23N3O3/c1-25-19-5-3-2-4-17(19)15-21-12-10-20(11-13-21)14-16-6-8-18(9-7-16)22(23)24/h2-9H,10-15H2,1H3/p+2. The lowest BCUT2D eigenvalue weighted by Crippen LogP contribution is -3.27. The van der Waals surface area contributed by atoms with Crippen molar-refractivity contribution in [3.8, 4) is 5.75 Å². The van der Waals surface area contributed by atoms with Crippen molar-refractivity contribution in [1.82, 2.24) is 0 Å². The Morgan fingerprint density at radius 3 is 2.16 bits per heavy atom. The summed E-state index contributed by atoms with van der Waals surface area (Å²) in [5.74, 6) is 0.968. The van der Waals surface area contributed by atoms with Crippen LogP contribution in [0.2, 0.25) is 0 Å². The van der Waals surface area contributed by atoms with E-state index in [0.29, 0.717) is 0 Å². The molecule has 2 aromatic rings. The number of hydrogen-bond donors (Lipinski definition) is 2. The summed E-state index contributed by atoms with van der Waals surface area (Å²) in [6.45, 7) is 6.40. The molecule has 6 nitrogen and oxygen atoms in total. The fraction of sp³-hybridized carbons (Fsp3) is 0.368. The average Bonchev–Trinajstić information content (AvgIpc) is 2.64. The van der Waals surface area contributed by atoms with Crippen LogP contribution in [0.1, 0.15) is 11.1 Å². The summed E-state index contributed by atoms with van der Waals surface area (Å²) in [6.07, 6.45) is 0. The molecule has 25 heavy (non-hydrogen) atoms. The Balaban J connectivity index is 1.51. The molecular formula is C19H25N3O3+2. The minimum absolute atomic E-state index is 0.157. The molecule has 1 aliphatic heterocycles. The Kier molecular flexibility index (Phi) is 5.63. The van der Waals surface area contributed by atoms with E-state index in [1.165, 1.54) is 10.5 Å². The molecule has 6 heteroatoms. The third kappa shape index (κ3) is 4.55. The van der Waals surface area contributed by atoms with Gasteiger partial charge in [-0.3, -0.25) is 10.1 Å². The van der Waals surface area contributed by atoms with Gasteiger partial charge in [0.2, 0.25) is 0 Å². The number of nitro benzene ring substituents is 1. The summed E-state index contributed by atoms with van der Waals surface area (Å²) in [7, 11) is 1.72. The summed E-state index contributed by atoms with van der Waals surface area (Å²) in [5.41, 5.74) is 2.58. The number of ether oxygens (including phenoxy) is 1. The van der Waals surface area contributed by atoms with E-state index in [1.807, 2.05) is 24.3 Å². The molecule has 0 spiro atoms. The van der Waals surface area contributed by atoms with Crippen molar-refractivity contribution in [2.24, 2.45) is 0 Å². The van der Waals surface area contributed by atoms with Crippen molar-refractivity contribution in [2.75, 3.05) is 33.3 Å². The number of para-hydroxylation sites is 1. The molecule has 1 saturated heterocycles. The first-order chi connectivity index (χ1) is 12.2. The number of benzene rings is 2. The van der Waals surface area contributed by atoms with Crippen molar-refractivity contribution >= 4 is 5.69 Å². The quantitative estimate of drug-likeness (QED) is 0.577. The number of piperazine rings is 1. The maximum absolute atomic E-state index is 10.7. The van der Waals surface area contributed by atoms with Crippen molar-refractivity contribution < 1.29 is 19.5 Å². The molecular weight excluding hydrogens is 318 g/mol. The predicted molar refractivity (Wildman–Crippen MR) is 94.9 cm³/mol. The maximum Gasteiger partial charge on any atom is 0.269 e. The van der Waals surface area contributed by atoms with E-state index in [9.17, 15) is 10.1 Å². The summed E-state index contributed by atoms with van der Waals surface area (Å²) in [5, 5.41) is 10.7. The lowest BCUT2D eigenvalue weighted by Gasteiger charge is -2.30. The second-order valence-corrected chi connectivity index (χ2v) is 6.59. The van der Waals surface area contributed by atoms with E-state index < -0.39 is 0 Å². The lowest BCUT2D eigenvalue weighted by atomic mass is 10.1. The molecule has 1 aliphatic rings. The smallest absolute Gasteiger partial charge is 0.269 e.